The summed E-state index contributed by atoms with van der Waals surface area (Å²) in [6.07, 6.45) is 2.00. The molecule has 186 valence electrons. The van der Waals surface area contributed by atoms with Crippen LogP contribution in [0.5, 0.6) is 0 Å². The van der Waals surface area contributed by atoms with Crippen molar-refractivity contribution in [3.63, 3.8) is 0 Å². The Morgan fingerprint density at radius 3 is 2.37 bits per heavy atom. The van der Waals surface area contributed by atoms with E-state index in [4.69, 9.17) is 4.74 Å². The van der Waals surface area contributed by atoms with Crippen LogP contribution in [0.2, 0.25) is 0 Å². The van der Waals surface area contributed by atoms with Crippen molar-refractivity contribution >= 4 is 38.5 Å². The zero-order valence-corrected chi connectivity index (χ0v) is 20.7. The van der Waals surface area contributed by atoms with Gasteiger partial charge in [0, 0.05) is 23.0 Å². The number of anilines is 1. The van der Waals surface area contributed by atoms with Crippen LogP contribution in [0.4, 0.5) is 10.5 Å². The Bertz CT molecular complexity index is 1260. The predicted octanol–water partition coefficient (Wildman–Crippen LogP) is 4.56. The molecule has 0 aliphatic rings. The van der Waals surface area contributed by atoms with Gasteiger partial charge >= 0.3 is 6.09 Å². The summed E-state index contributed by atoms with van der Waals surface area (Å²) in [4.78, 5) is 25.0. The van der Waals surface area contributed by atoms with Crippen molar-refractivity contribution in [3.05, 3.63) is 72.3 Å². The van der Waals surface area contributed by atoms with Crippen molar-refractivity contribution in [1.82, 2.24) is 10.0 Å². The zero-order chi connectivity index (χ0) is 25.3. The number of amides is 2. The normalized spacial score (nSPS) is 12.2. The van der Waals surface area contributed by atoms with Gasteiger partial charge in [0.1, 0.15) is 12.6 Å². The molecular weight excluding hydrogens is 466 g/mol. The minimum atomic E-state index is -3.71. The molecule has 0 spiro atoms. The minimum absolute atomic E-state index is 0.0913. The van der Waals surface area contributed by atoms with E-state index in [-0.39, 0.29) is 11.5 Å². The molecular formula is C26H31N3O5S. The maximum atomic E-state index is 12.9. The lowest BCUT2D eigenvalue weighted by Gasteiger charge is -2.16. The number of hydrogen-bond acceptors (Lipinski definition) is 5. The van der Waals surface area contributed by atoms with Gasteiger partial charge in [-0.25, -0.2) is 17.9 Å². The maximum Gasteiger partial charge on any atom is 0.408 e. The van der Waals surface area contributed by atoms with E-state index in [0.717, 1.165) is 24.8 Å². The highest BCUT2D eigenvalue weighted by Crippen LogP contribution is 2.29. The lowest BCUT2D eigenvalue weighted by atomic mass is 10.1. The third-order valence-electron chi connectivity index (χ3n) is 5.44. The van der Waals surface area contributed by atoms with E-state index in [1.807, 2.05) is 30.3 Å². The molecule has 3 N–H and O–H groups in total. The third kappa shape index (κ3) is 7.27. The number of unbranched alkanes of at least 4 members (excludes halogenated alkanes) is 2. The zero-order valence-electron chi connectivity index (χ0n) is 19.9. The quantitative estimate of drug-likeness (QED) is 0.336. The lowest BCUT2D eigenvalue weighted by molar-refractivity contribution is -0.117. The van der Waals surface area contributed by atoms with Crippen molar-refractivity contribution in [3.8, 4) is 0 Å². The molecule has 0 aliphatic carbocycles. The number of fused-ring (bicyclic) bond motifs is 1. The molecule has 2 amide bonds. The van der Waals surface area contributed by atoms with Gasteiger partial charge in [-0.1, -0.05) is 74.4 Å². The summed E-state index contributed by atoms with van der Waals surface area (Å²) in [5.74, 6) is -0.458. The number of sulfonamides is 1. The van der Waals surface area contributed by atoms with Crippen LogP contribution in [0.3, 0.4) is 0 Å². The van der Waals surface area contributed by atoms with E-state index in [1.165, 1.54) is 0 Å². The predicted molar refractivity (Wildman–Crippen MR) is 137 cm³/mol. The number of carbonyl (C=O) groups is 2. The second-order valence-corrected chi connectivity index (χ2v) is 9.91. The fourth-order valence-corrected chi connectivity index (χ4v) is 4.83. The number of benzene rings is 3. The number of ether oxygens (including phenoxy) is 1. The number of rotatable bonds is 11. The molecule has 35 heavy (non-hydrogen) atoms. The Hall–Kier alpha value is -3.43. The monoisotopic (exact) mass is 497 g/mol. The smallest absolute Gasteiger partial charge is 0.408 e. The van der Waals surface area contributed by atoms with Gasteiger partial charge < -0.3 is 15.4 Å². The van der Waals surface area contributed by atoms with Gasteiger partial charge in [0.05, 0.1) is 4.90 Å². The fourth-order valence-electron chi connectivity index (χ4n) is 3.53. The summed E-state index contributed by atoms with van der Waals surface area (Å²) >= 11 is 0. The second-order valence-electron chi connectivity index (χ2n) is 8.18. The van der Waals surface area contributed by atoms with E-state index < -0.39 is 28.1 Å². The first-order chi connectivity index (χ1) is 16.8. The Labute approximate surface area is 206 Å². The Morgan fingerprint density at radius 1 is 0.914 bits per heavy atom. The molecule has 0 saturated carbocycles. The van der Waals surface area contributed by atoms with Crippen LogP contribution in [0, 0.1) is 0 Å². The average molecular weight is 498 g/mol. The summed E-state index contributed by atoms with van der Waals surface area (Å²) in [5, 5.41) is 6.36. The van der Waals surface area contributed by atoms with Crippen LogP contribution in [-0.2, 0) is 26.2 Å². The molecule has 0 fully saturated rings. The Kier molecular flexibility index (Phi) is 9.22. The maximum absolute atomic E-state index is 12.9. The van der Waals surface area contributed by atoms with Crippen molar-refractivity contribution < 1.29 is 22.7 Å². The molecule has 1 atom stereocenters. The second kappa shape index (κ2) is 12.3. The van der Waals surface area contributed by atoms with E-state index in [0.29, 0.717) is 23.0 Å². The first kappa shape index (κ1) is 26.2. The number of alkyl carbamates (subject to hydrolysis) is 1. The van der Waals surface area contributed by atoms with Crippen LogP contribution >= 0.6 is 0 Å². The van der Waals surface area contributed by atoms with Crippen molar-refractivity contribution in [1.29, 1.82) is 0 Å². The molecule has 3 aromatic rings. The van der Waals surface area contributed by atoms with Gasteiger partial charge in [-0.3, -0.25) is 4.79 Å². The molecule has 0 aliphatic heterocycles. The largest absolute Gasteiger partial charge is 0.445 e. The number of carbonyl (C=O) groups excluding carboxylic acids is 2. The molecule has 0 radical (unpaired) electrons. The Morgan fingerprint density at radius 2 is 1.63 bits per heavy atom. The fraction of sp³-hybridized carbons (Fsp3) is 0.308. The highest BCUT2D eigenvalue weighted by atomic mass is 32.2. The number of hydrogen-bond donors (Lipinski definition) is 3. The Balaban J connectivity index is 1.68. The third-order valence-corrected chi connectivity index (χ3v) is 6.96. The minimum Gasteiger partial charge on any atom is -0.445 e. The molecule has 8 nitrogen and oxygen atoms in total. The highest BCUT2D eigenvalue weighted by Gasteiger charge is 2.20. The topological polar surface area (TPSA) is 114 Å². The van der Waals surface area contributed by atoms with E-state index in [2.05, 4.69) is 22.3 Å². The van der Waals surface area contributed by atoms with Gasteiger partial charge in [0.2, 0.25) is 15.9 Å². The van der Waals surface area contributed by atoms with E-state index in [9.17, 15) is 18.0 Å². The molecule has 0 bridgehead atoms. The van der Waals surface area contributed by atoms with Gasteiger partial charge in [-0.15, -0.1) is 0 Å². The van der Waals surface area contributed by atoms with Crippen LogP contribution in [0.1, 0.15) is 38.7 Å². The van der Waals surface area contributed by atoms with Crippen molar-refractivity contribution in [2.75, 3.05) is 11.9 Å². The van der Waals surface area contributed by atoms with Crippen molar-refractivity contribution in [2.24, 2.45) is 0 Å². The van der Waals surface area contributed by atoms with Crippen molar-refractivity contribution in [2.45, 2.75) is 50.7 Å². The van der Waals surface area contributed by atoms with Crippen LogP contribution < -0.4 is 15.4 Å². The van der Waals surface area contributed by atoms with Crippen LogP contribution in [0.15, 0.2) is 71.6 Å². The molecule has 0 saturated heterocycles. The van der Waals surface area contributed by atoms with Gasteiger partial charge in [0.25, 0.3) is 0 Å². The van der Waals surface area contributed by atoms with Crippen LogP contribution in [-0.4, -0.2) is 33.0 Å². The van der Waals surface area contributed by atoms with Gasteiger partial charge in [-0.05, 0) is 31.0 Å². The lowest BCUT2D eigenvalue weighted by Crippen LogP contribution is -2.41. The summed E-state index contributed by atoms with van der Waals surface area (Å²) in [6, 6.07) is 18.3. The molecule has 1 unspecified atom stereocenters. The van der Waals surface area contributed by atoms with Gasteiger partial charge in [-0.2, -0.15) is 0 Å². The molecule has 3 aromatic carbocycles. The molecule has 3 rings (SSSR count). The van der Waals surface area contributed by atoms with E-state index in [1.54, 1.807) is 43.3 Å². The highest BCUT2D eigenvalue weighted by molar-refractivity contribution is 7.89. The average Bonchev–Trinajstić information content (AvgIpc) is 2.86. The first-order valence-electron chi connectivity index (χ1n) is 11.6. The van der Waals surface area contributed by atoms with E-state index >= 15 is 0 Å². The van der Waals surface area contributed by atoms with Crippen LogP contribution in [0.25, 0.3) is 10.8 Å². The molecule has 9 heteroatoms. The summed E-state index contributed by atoms with van der Waals surface area (Å²) in [7, 11) is -3.71. The summed E-state index contributed by atoms with van der Waals surface area (Å²) < 4.78 is 33.6. The standard InChI is InChI=1S/C26H31N3O5S/c1-3-4-8-17-27-35(32,33)24-16-10-13-21-22(24)14-9-15-23(21)29-25(30)19(2)28-26(31)34-18-20-11-6-5-7-12-20/h5-7,9-16,19,27H,3-4,8,17-18H2,1-2H3,(H,28,31)(H,29,30). The summed E-state index contributed by atoms with van der Waals surface area (Å²) in [6.45, 7) is 4.06. The molecule has 0 heterocycles. The molecule has 0 aromatic heterocycles. The van der Waals surface area contributed by atoms with Gasteiger partial charge in [0.15, 0.2) is 0 Å². The summed E-state index contributed by atoms with van der Waals surface area (Å²) in [5.41, 5.74) is 1.28. The SMILES string of the molecule is CCCCCNS(=O)(=O)c1cccc2c(NC(=O)C(C)NC(=O)OCc3ccccc3)cccc12. The first-order valence-corrected chi connectivity index (χ1v) is 13.1. The number of nitrogens with one attached hydrogen (secondary N) is 3.